The van der Waals surface area contributed by atoms with Crippen molar-refractivity contribution >= 4 is 81.0 Å². The van der Waals surface area contributed by atoms with Crippen molar-refractivity contribution in [3.05, 3.63) is 78.6 Å². The summed E-state index contributed by atoms with van der Waals surface area (Å²) in [5.41, 5.74) is 1.65. The number of thiazole rings is 2. The standard InChI is InChI=1S/C36H38Cl2N6O8S2/c37-27-23(3-1-5-25(27)43-31(45)33-41-17-21(53-33)15-39-29(35(47)48)19-7-11-51-12-8-19)24-4-2-6-26(28(24)38)44-32(46)34-42-18-22(54-34)16-40-30(36(49)50)20-9-13-52-14-10-20/h1-6,17-20,29-30,39-40H,7-16H2,(H,43,45)(H,44,46)(H,47,48)(H,49,50)/t29-,30-/m0/s1. The van der Waals surface area contributed by atoms with Crippen LogP contribution in [0, 0.1) is 11.8 Å². The molecule has 0 aliphatic carbocycles. The Kier molecular flexibility index (Phi) is 13.6. The van der Waals surface area contributed by atoms with Crippen LogP contribution in [-0.4, -0.2) is 82.4 Å². The van der Waals surface area contributed by atoms with Gasteiger partial charge < -0.3 is 30.3 Å². The van der Waals surface area contributed by atoms with E-state index < -0.39 is 35.8 Å². The van der Waals surface area contributed by atoms with Gasteiger partial charge in [0.2, 0.25) is 0 Å². The number of nitrogens with one attached hydrogen (secondary N) is 4. The van der Waals surface area contributed by atoms with Gasteiger partial charge >= 0.3 is 11.9 Å². The number of carboxylic acid groups (broad SMARTS) is 2. The number of anilines is 2. The molecule has 4 aromatic rings. The molecule has 0 unspecified atom stereocenters. The maximum Gasteiger partial charge on any atom is 0.320 e. The van der Waals surface area contributed by atoms with E-state index in [2.05, 4.69) is 31.2 Å². The van der Waals surface area contributed by atoms with Crippen molar-refractivity contribution in [2.45, 2.75) is 50.9 Å². The fraction of sp³-hybridized carbons (Fsp3) is 0.389. The first-order chi connectivity index (χ1) is 26.1. The Bertz CT molecular complexity index is 1840. The van der Waals surface area contributed by atoms with Gasteiger partial charge in [-0.15, -0.1) is 22.7 Å². The zero-order valence-electron chi connectivity index (χ0n) is 28.8. The first-order valence-corrected chi connectivity index (χ1v) is 19.6. The number of carbonyl (C=O) groups excluding carboxylic acids is 2. The maximum absolute atomic E-state index is 13.2. The predicted molar refractivity (Wildman–Crippen MR) is 206 cm³/mol. The molecule has 0 saturated carbocycles. The number of ether oxygens (including phenoxy) is 2. The van der Waals surface area contributed by atoms with Crippen LogP contribution in [0.2, 0.25) is 10.0 Å². The summed E-state index contributed by atoms with van der Waals surface area (Å²) in [4.78, 5) is 60.1. The van der Waals surface area contributed by atoms with Crippen molar-refractivity contribution in [3.63, 3.8) is 0 Å². The molecule has 2 atom stereocenters. The van der Waals surface area contributed by atoms with Crippen LogP contribution in [0.3, 0.4) is 0 Å². The Morgan fingerprint density at radius 2 is 1.07 bits per heavy atom. The van der Waals surface area contributed by atoms with Gasteiger partial charge in [0.1, 0.15) is 12.1 Å². The third-order valence-electron chi connectivity index (χ3n) is 9.28. The normalized spacial score (nSPS) is 16.4. The van der Waals surface area contributed by atoms with E-state index >= 15 is 0 Å². The average molecular weight is 818 g/mol. The molecule has 2 aliphatic rings. The van der Waals surface area contributed by atoms with E-state index in [1.807, 2.05) is 0 Å². The fourth-order valence-electron chi connectivity index (χ4n) is 6.44. The summed E-state index contributed by atoms with van der Waals surface area (Å²) in [5.74, 6) is -2.92. The lowest BCUT2D eigenvalue weighted by Crippen LogP contribution is -2.44. The van der Waals surface area contributed by atoms with Crippen LogP contribution < -0.4 is 21.3 Å². The van der Waals surface area contributed by atoms with Crippen molar-refractivity contribution in [3.8, 4) is 11.1 Å². The molecule has 54 heavy (non-hydrogen) atoms. The summed E-state index contributed by atoms with van der Waals surface area (Å²) in [7, 11) is 0. The van der Waals surface area contributed by atoms with Crippen LogP contribution in [0.25, 0.3) is 11.1 Å². The minimum atomic E-state index is -0.927. The van der Waals surface area contributed by atoms with Gasteiger partial charge in [0.05, 0.1) is 21.4 Å². The van der Waals surface area contributed by atoms with E-state index in [9.17, 15) is 29.4 Å². The number of benzene rings is 2. The largest absolute Gasteiger partial charge is 0.480 e. The van der Waals surface area contributed by atoms with E-state index in [1.165, 1.54) is 0 Å². The van der Waals surface area contributed by atoms with Gasteiger partial charge in [-0.25, -0.2) is 9.97 Å². The number of aromatic nitrogens is 2. The monoisotopic (exact) mass is 816 g/mol. The molecule has 2 aromatic heterocycles. The molecule has 2 aliphatic heterocycles. The number of hydrogen-bond donors (Lipinski definition) is 6. The minimum Gasteiger partial charge on any atom is -0.480 e. The van der Waals surface area contributed by atoms with Crippen LogP contribution in [0.15, 0.2) is 48.8 Å². The lowest BCUT2D eigenvalue weighted by Gasteiger charge is -2.28. The van der Waals surface area contributed by atoms with Crippen LogP contribution in [-0.2, 0) is 32.2 Å². The Morgan fingerprint density at radius 1 is 0.685 bits per heavy atom. The summed E-state index contributed by atoms with van der Waals surface area (Å²) in [6.45, 7) is 2.61. The highest BCUT2D eigenvalue weighted by Gasteiger charge is 2.31. The number of hydrogen-bond acceptors (Lipinski definition) is 12. The quantitative estimate of drug-likeness (QED) is 0.0817. The topological polar surface area (TPSA) is 201 Å². The van der Waals surface area contributed by atoms with Crippen LogP contribution >= 0.6 is 45.9 Å². The molecule has 0 radical (unpaired) electrons. The van der Waals surface area contributed by atoms with E-state index in [4.69, 9.17) is 32.7 Å². The Morgan fingerprint density at radius 3 is 1.44 bits per heavy atom. The molecule has 6 rings (SSSR count). The van der Waals surface area contributed by atoms with Crippen LogP contribution in [0.4, 0.5) is 11.4 Å². The Hall–Kier alpha value is -4.00. The van der Waals surface area contributed by atoms with Gasteiger partial charge in [0.15, 0.2) is 10.0 Å². The lowest BCUT2D eigenvalue weighted by atomic mass is 9.92. The molecule has 14 nitrogen and oxygen atoms in total. The molecule has 0 bridgehead atoms. The SMILES string of the molecule is O=C(Nc1cccc(-c2cccc(NC(=O)c3ncc(CN[C@H](C(=O)O)C4CCOCC4)s3)c2Cl)c1Cl)c1ncc(CN[C@H](C(=O)O)C2CCOCC2)s1. The smallest absolute Gasteiger partial charge is 0.320 e. The summed E-state index contributed by atoms with van der Waals surface area (Å²) in [6, 6.07) is 8.71. The third kappa shape index (κ3) is 9.80. The van der Waals surface area contributed by atoms with E-state index in [1.54, 1.807) is 48.8 Å². The molecule has 286 valence electrons. The summed E-state index contributed by atoms with van der Waals surface area (Å²) in [6.07, 6.45) is 5.72. The van der Waals surface area contributed by atoms with Crippen LogP contribution in [0.1, 0.15) is 55.0 Å². The first kappa shape index (κ1) is 39.7. The second kappa shape index (κ2) is 18.6. The zero-order valence-corrected chi connectivity index (χ0v) is 32.0. The number of amides is 2. The number of rotatable bonds is 15. The molecule has 4 heterocycles. The van der Waals surface area contributed by atoms with Gasteiger partial charge in [-0.3, -0.25) is 29.8 Å². The molecule has 2 aromatic carbocycles. The number of carboxylic acids is 2. The molecule has 0 spiro atoms. The van der Waals surface area contributed by atoms with Gasteiger partial charge in [0.25, 0.3) is 11.8 Å². The summed E-state index contributed by atoms with van der Waals surface area (Å²) in [5, 5.41) is 32.1. The number of halogens is 2. The van der Waals surface area contributed by atoms with Gasteiger partial charge in [0, 0.05) is 72.8 Å². The number of carbonyl (C=O) groups is 4. The molecule has 2 amide bonds. The molecular formula is C36H38Cl2N6O8S2. The average Bonchev–Trinajstić information content (AvgIpc) is 3.85. The number of aliphatic carboxylic acids is 2. The first-order valence-electron chi connectivity index (χ1n) is 17.3. The third-order valence-corrected chi connectivity index (χ3v) is 12.1. The highest BCUT2D eigenvalue weighted by molar-refractivity contribution is 7.14. The molecule has 2 saturated heterocycles. The Labute approximate surface area is 328 Å². The molecule has 2 fully saturated rings. The van der Waals surface area contributed by atoms with Crippen molar-refractivity contribution in [1.82, 2.24) is 20.6 Å². The predicted octanol–water partition coefficient (Wildman–Crippen LogP) is 6.02. The van der Waals surface area contributed by atoms with Gasteiger partial charge in [-0.1, -0.05) is 47.5 Å². The van der Waals surface area contributed by atoms with E-state index in [-0.39, 0.29) is 45.0 Å². The molecule has 18 heteroatoms. The van der Waals surface area contributed by atoms with E-state index in [0.717, 1.165) is 22.7 Å². The minimum absolute atomic E-state index is 0.0464. The van der Waals surface area contributed by atoms with Crippen molar-refractivity contribution < 1.29 is 38.9 Å². The zero-order chi connectivity index (χ0) is 38.2. The van der Waals surface area contributed by atoms with Crippen molar-refractivity contribution in [1.29, 1.82) is 0 Å². The lowest BCUT2D eigenvalue weighted by molar-refractivity contribution is -0.143. The van der Waals surface area contributed by atoms with Crippen molar-refractivity contribution in [2.24, 2.45) is 11.8 Å². The highest BCUT2D eigenvalue weighted by atomic mass is 35.5. The fourth-order valence-corrected chi connectivity index (χ4v) is 8.51. The second-order valence-corrected chi connectivity index (χ2v) is 15.8. The summed E-state index contributed by atoms with van der Waals surface area (Å²) >= 11 is 15.9. The van der Waals surface area contributed by atoms with Crippen LogP contribution in [0.5, 0.6) is 0 Å². The maximum atomic E-state index is 13.2. The van der Waals surface area contributed by atoms with Gasteiger partial charge in [-0.2, -0.15) is 0 Å². The highest BCUT2D eigenvalue weighted by Crippen LogP contribution is 2.40. The summed E-state index contributed by atoms with van der Waals surface area (Å²) < 4.78 is 10.7. The van der Waals surface area contributed by atoms with Crippen molar-refractivity contribution in [2.75, 3.05) is 37.1 Å². The second-order valence-electron chi connectivity index (χ2n) is 12.8. The Balaban J connectivity index is 1.08. The number of nitrogens with zero attached hydrogens (tertiary/aromatic N) is 2. The molecular weight excluding hydrogens is 779 g/mol. The van der Waals surface area contributed by atoms with Gasteiger partial charge in [-0.05, 0) is 49.7 Å². The van der Waals surface area contributed by atoms with E-state index in [0.29, 0.717) is 84.4 Å². The molecule has 6 N–H and O–H groups in total.